The van der Waals surface area contributed by atoms with E-state index in [1.807, 2.05) is 36.7 Å². The summed E-state index contributed by atoms with van der Waals surface area (Å²) in [5, 5.41) is 2.17. The second-order valence-corrected chi connectivity index (χ2v) is 12.7. The fraction of sp³-hybridized carbons (Fsp3) is 0.186. The minimum absolute atomic E-state index is 0. The summed E-state index contributed by atoms with van der Waals surface area (Å²) in [6.45, 7) is 8.96. The van der Waals surface area contributed by atoms with E-state index in [4.69, 9.17) is 13.5 Å². The summed E-state index contributed by atoms with van der Waals surface area (Å²) in [6, 6.07) is 32.2. The van der Waals surface area contributed by atoms with Crippen LogP contribution in [0.1, 0.15) is 65.9 Å². The first-order chi connectivity index (χ1) is 24.9. The normalized spacial score (nSPS) is 12.4. The van der Waals surface area contributed by atoms with Gasteiger partial charge in [-0.1, -0.05) is 87.2 Å². The second kappa shape index (κ2) is 14.5. The zero-order chi connectivity index (χ0) is 36.7. The number of nitrogens with zero attached hydrogens (tertiary/aromatic N) is 4. The maximum absolute atomic E-state index is 12.7. The van der Waals surface area contributed by atoms with Crippen LogP contribution in [0.15, 0.2) is 108 Å². The van der Waals surface area contributed by atoms with Gasteiger partial charge in [0, 0.05) is 53.5 Å². The largest absolute Gasteiger partial charge is 0.501 e. The number of halogens is 1. The Morgan fingerprint density at radius 1 is 0.840 bits per heavy atom. The van der Waals surface area contributed by atoms with E-state index in [1.54, 1.807) is 12.1 Å². The monoisotopic (exact) mass is 840 g/mol. The van der Waals surface area contributed by atoms with Crippen molar-refractivity contribution in [2.24, 2.45) is 0 Å². The summed E-state index contributed by atoms with van der Waals surface area (Å²) in [5.74, 6) is 1.16. The Morgan fingerprint density at radius 3 is 2.30 bits per heavy atom. The fourth-order valence-corrected chi connectivity index (χ4v) is 6.32. The molecule has 8 aromatic rings. The molecule has 0 saturated heterocycles. The zero-order valence-electron chi connectivity index (χ0n) is 31.4. The molecule has 5 nitrogen and oxygen atoms in total. The van der Waals surface area contributed by atoms with Gasteiger partial charge in [-0.25, -0.2) is 0 Å². The molecule has 0 N–H and O–H groups in total. The van der Waals surface area contributed by atoms with Crippen molar-refractivity contribution in [2.75, 3.05) is 0 Å². The summed E-state index contributed by atoms with van der Waals surface area (Å²) in [6.07, 6.45) is 5.08. The topological polar surface area (TPSA) is 56.7 Å². The van der Waals surface area contributed by atoms with Crippen LogP contribution >= 0.6 is 0 Å². The quantitative estimate of drug-likeness (QED) is 0.162. The van der Waals surface area contributed by atoms with E-state index in [9.17, 15) is 4.39 Å². The molecule has 7 heteroatoms. The van der Waals surface area contributed by atoms with Gasteiger partial charge in [0.25, 0.3) is 0 Å². The van der Waals surface area contributed by atoms with Crippen molar-refractivity contribution in [3.63, 3.8) is 0 Å². The van der Waals surface area contributed by atoms with Crippen LogP contribution in [0.3, 0.4) is 0 Å². The number of imidazole rings is 1. The Hall–Kier alpha value is -4.97. The molecule has 4 aromatic carbocycles. The SMILES string of the molecule is Cc1cncc2nc(-c3[c-]ccc4c3oc3ccccc34)n(-c3c(C(C)C)cccc3C(C)C)c12.[2H]C([2H])([2H])c1ccc(-c2[c-]cc(F)cc2)nc1.[Ir]. The van der Waals surface area contributed by atoms with E-state index in [0.29, 0.717) is 23.1 Å². The Morgan fingerprint density at radius 2 is 1.62 bits per heavy atom. The third-order valence-electron chi connectivity index (χ3n) is 8.69. The minimum Gasteiger partial charge on any atom is -0.501 e. The average Bonchev–Trinajstić information content (AvgIpc) is 3.71. The van der Waals surface area contributed by atoms with Crippen LogP contribution in [-0.2, 0) is 20.1 Å². The minimum atomic E-state index is -2.15. The Bertz CT molecular complexity index is 2510. The molecule has 0 spiro atoms. The smallest absolute Gasteiger partial charge is 0.120 e. The van der Waals surface area contributed by atoms with Gasteiger partial charge >= 0.3 is 0 Å². The maximum Gasteiger partial charge on any atom is 0.120 e. The van der Waals surface area contributed by atoms with Crippen molar-refractivity contribution in [3.8, 4) is 28.3 Å². The van der Waals surface area contributed by atoms with Crippen molar-refractivity contribution in [3.05, 3.63) is 144 Å². The third kappa shape index (κ3) is 6.51. The summed E-state index contributed by atoms with van der Waals surface area (Å²) >= 11 is 0. The first-order valence-corrected chi connectivity index (χ1v) is 16.3. The molecule has 4 heterocycles. The molecule has 0 atom stereocenters. The van der Waals surface area contributed by atoms with Gasteiger partial charge in [-0.15, -0.1) is 48.0 Å². The number of aromatic nitrogens is 4. The zero-order valence-corrected chi connectivity index (χ0v) is 30.8. The molecule has 0 aliphatic carbocycles. The number of fused-ring (bicyclic) bond motifs is 4. The molecule has 0 unspecified atom stereocenters. The molecule has 0 saturated carbocycles. The molecule has 0 aliphatic heterocycles. The summed E-state index contributed by atoms with van der Waals surface area (Å²) in [4.78, 5) is 13.6. The van der Waals surface area contributed by atoms with E-state index >= 15 is 0 Å². The second-order valence-electron chi connectivity index (χ2n) is 12.7. The fourth-order valence-electron chi connectivity index (χ4n) is 6.32. The van der Waals surface area contributed by atoms with Crippen LogP contribution < -0.4 is 0 Å². The molecule has 50 heavy (non-hydrogen) atoms. The summed E-state index contributed by atoms with van der Waals surface area (Å²) in [5.41, 5.74) is 10.7. The molecular weight excluding hydrogens is 800 g/mol. The van der Waals surface area contributed by atoms with Crippen molar-refractivity contribution >= 4 is 33.0 Å². The molecule has 4 aromatic heterocycles. The van der Waals surface area contributed by atoms with Crippen molar-refractivity contribution in [1.82, 2.24) is 19.5 Å². The van der Waals surface area contributed by atoms with Gasteiger partial charge in [-0.05, 0) is 59.6 Å². The first kappa shape index (κ1) is 31.0. The number of furan rings is 1. The number of hydrogen-bond donors (Lipinski definition) is 0. The molecule has 0 aliphatic rings. The van der Waals surface area contributed by atoms with E-state index in [0.717, 1.165) is 49.9 Å². The van der Waals surface area contributed by atoms with Gasteiger partial charge in [0.05, 0.1) is 28.6 Å². The number of aryl methyl sites for hydroxylation is 2. The predicted molar refractivity (Wildman–Crippen MR) is 197 cm³/mol. The summed E-state index contributed by atoms with van der Waals surface area (Å²) in [7, 11) is 0. The average molecular weight is 840 g/mol. The van der Waals surface area contributed by atoms with Gasteiger partial charge in [-0.3, -0.25) is 14.4 Å². The van der Waals surface area contributed by atoms with Crippen molar-refractivity contribution < 1.29 is 33.0 Å². The van der Waals surface area contributed by atoms with Gasteiger partial charge in [0.1, 0.15) is 5.58 Å². The maximum atomic E-state index is 12.7. The van der Waals surface area contributed by atoms with Crippen LogP contribution in [0.25, 0.3) is 61.3 Å². The number of rotatable bonds is 5. The van der Waals surface area contributed by atoms with E-state index in [2.05, 4.69) is 91.6 Å². The van der Waals surface area contributed by atoms with Crippen LogP contribution in [0.5, 0.6) is 0 Å². The number of para-hydroxylation sites is 2. The van der Waals surface area contributed by atoms with Crippen LogP contribution in [0.2, 0.25) is 0 Å². The number of hydrogen-bond acceptors (Lipinski definition) is 4. The van der Waals surface area contributed by atoms with Gasteiger partial charge in [0.2, 0.25) is 0 Å². The molecule has 0 fully saturated rings. The number of benzene rings is 4. The third-order valence-corrected chi connectivity index (χ3v) is 8.69. The first-order valence-electron chi connectivity index (χ1n) is 17.8. The van der Waals surface area contributed by atoms with Crippen molar-refractivity contribution in [2.45, 2.75) is 53.3 Å². The molecule has 0 bridgehead atoms. The predicted octanol–water partition coefficient (Wildman–Crippen LogP) is 11.3. The summed E-state index contributed by atoms with van der Waals surface area (Å²) < 4.78 is 43.1. The van der Waals surface area contributed by atoms with Crippen LogP contribution in [-0.4, -0.2) is 19.5 Å². The van der Waals surface area contributed by atoms with Crippen LogP contribution in [0.4, 0.5) is 4.39 Å². The van der Waals surface area contributed by atoms with E-state index in [1.165, 1.54) is 41.2 Å². The number of pyridine rings is 2. The molecule has 8 rings (SSSR count). The van der Waals surface area contributed by atoms with Gasteiger partial charge < -0.3 is 14.0 Å². The Labute approximate surface area is 309 Å². The van der Waals surface area contributed by atoms with Gasteiger partial charge in [0.15, 0.2) is 0 Å². The van der Waals surface area contributed by atoms with Gasteiger partial charge in [-0.2, -0.15) is 0 Å². The van der Waals surface area contributed by atoms with Crippen molar-refractivity contribution in [1.29, 1.82) is 0 Å². The van der Waals surface area contributed by atoms with E-state index < -0.39 is 6.85 Å². The molecule has 1 radical (unpaired) electrons. The van der Waals surface area contributed by atoms with Crippen LogP contribution in [0, 0.1) is 31.7 Å². The molecular formula is C43H37FIrN4O-2. The molecule has 253 valence electrons. The Balaban J connectivity index is 0.000000226. The Kier molecular flexibility index (Phi) is 8.99. The van der Waals surface area contributed by atoms with E-state index in [-0.39, 0.29) is 31.5 Å². The standard InChI is InChI=1S/C31H28N3O.C12H9FN.Ir/c1-18(2)21-11-8-12-22(19(3)4)29(21)34-28-20(5)16-32-17-26(28)33-31(34)25-14-9-13-24-23-10-6-7-15-27(23)35-30(24)25;1-9-2-7-12(14-8-9)10-3-5-11(13)6-4-10;/h6-13,15-19H,1-5H3;2-3,5-8H,1H3;/q2*-1;/i;1D3;. The molecule has 0 amide bonds.